The van der Waals surface area contributed by atoms with Crippen molar-refractivity contribution in [1.29, 1.82) is 0 Å². The maximum Gasteiger partial charge on any atom is 0.130 e. The van der Waals surface area contributed by atoms with E-state index in [2.05, 4.69) is 19.1 Å². The highest BCUT2D eigenvalue weighted by atomic mass is 16.5. The molecule has 0 saturated heterocycles. The summed E-state index contributed by atoms with van der Waals surface area (Å²) in [4.78, 5) is 11.0. The van der Waals surface area contributed by atoms with Crippen LogP contribution < -0.4 is 4.74 Å². The molecule has 0 spiro atoms. The van der Waals surface area contributed by atoms with Gasteiger partial charge in [0.05, 0.1) is 6.61 Å². The topological polar surface area (TPSA) is 26.3 Å². The molecule has 0 amide bonds. The average molecular weight is 220 g/mol. The van der Waals surface area contributed by atoms with Crippen LogP contribution in [-0.4, -0.2) is 12.4 Å². The number of carbonyl (C=O) groups excluding carboxylic acids is 1. The number of hydrogen-bond acceptors (Lipinski definition) is 2. The van der Waals surface area contributed by atoms with Gasteiger partial charge in [-0.15, -0.1) is 0 Å². The molecule has 88 valence electrons. The molecule has 0 radical (unpaired) electrons. The lowest BCUT2D eigenvalue weighted by atomic mass is 9.96. The number of carbonyl (C=O) groups is 1. The van der Waals surface area contributed by atoms with Crippen LogP contribution in [0.5, 0.6) is 5.75 Å². The third kappa shape index (κ3) is 4.47. The van der Waals surface area contributed by atoms with Gasteiger partial charge in [-0.2, -0.15) is 0 Å². The van der Waals surface area contributed by atoms with Crippen molar-refractivity contribution < 1.29 is 9.53 Å². The standard InChI is InChI=1S/C14H20O2/c1-4-16-14-7-5-13(6-8-14)10-11(2)9-12(3)15/h5-8,11H,4,9-10H2,1-3H3. The Morgan fingerprint density at radius 1 is 1.31 bits per heavy atom. The highest BCUT2D eigenvalue weighted by Gasteiger charge is 2.06. The zero-order valence-corrected chi connectivity index (χ0v) is 10.3. The van der Waals surface area contributed by atoms with Crippen molar-refractivity contribution in [3.63, 3.8) is 0 Å². The Balaban J connectivity index is 2.51. The Morgan fingerprint density at radius 2 is 1.94 bits per heavy atom. The Morgan fingerprint density at radius 3 is 2.44 bits per heavy atom. The van der Waals surface area contributed by atoms with Crippen LogP contribution in [0.3, 0.4) is 0 Å². The Kier molecular flexibility index (Phi) is 5.03. The molecule has 0 aliphatic rings. The summed E-state index contributed by atoms with van der Waals surface area (Å²) in [7, 11) is 0. The number of ketones is 1. The minimum atomic E-state index is 0.262. The van der Waals surface area contributed by atoms with Crippen LogP contribution in [0.15, 0.2) is 24.3 Å². The van der Waals surface area contributed by atoms with E-state index >= 15 is 0 Å². The van der Waals surface area contributed by atoms with Gasteiger partial charge in [0.25, 0.3) is 0 Å². The lowest BCUT2D eigenvalue weighted by molar-refractivity contribution is -0.117. The minimum absolute atomic E-state index is 0.262. The number of Topliss-reactive ketones (excluding diaryl/α,β-unsaturated/α-hetero) is 1. The van der Waals surface area contributed by atoms with Gasteiger partial charge >= 0.3 is 0 Å². The third-order valence-electron chi connectivity index (χ3n) is 2.45. The van der Waals surface area contributed by atoms with E-state index in [-0.39, 0.29) is 5.78 Å². The summed E-state index contributed by atoms with van der Waals surface area (Å²) in [5.41, 5.74) is 1.26. The molecule has 16 heavy (non-hydrogen) atoms. The average Bonchev–Trinajstić information content (AvgIpc) is 2.20. The Labute approximate surface area is 97.6 Å². The molecule has 1 atom stereocenters. The summed E-state index contributed by atoms with van der Waals surface area (Å²) in [6.07, 6.45) is 1.61. The number of rotatable bonds is 6. The lowest BCUT2D eigenvalue weighted by Crippen LogP contribution is -2.05. The van der Waals surface area contributed by atoms with Crippen molar-refractivity contribution in [3.8, 4) is 5.75 Å². The van der Waals surface area contributed by atoms with E-state index in [0.29, 0.717) is 18.9 Å². The molecule has 0 aliphatic heterocycles. The first-order valence-electron chi connectivity index (χ1n) is 5.83. The normalized spacial score (nSPS) is 12.2. The van der Waals surface area contributed by atoms with Crippen molar-refractivity contribution in [2.24, 2.45) is 5.92 Å². The van der Waals surface area contributed by atoms with Crippen LogP contribution in [0.1, 0.15) is 32.8 Å². The molecule has 2 heteroatoms. The van der Waals surface area contributed by atoms with Gasteiger partial charge in [0.2, 0.25) is 0 Å². The molecule has 1 rings (SSSR count). The predicted molar refractivity (Wildman–Crippen MR) is 65.8 cm³/mol. The van der Waals surface area contributed by atoms with Crippen molar-refractivity contribution in [1.82, 2.24) is 0 Å². The summed E-state index contributed by atoms with van der Waals surface area (Å²) in [6.45, 7) is 6.43. The van der Waals surface area contributed by atoms with Crippen molar-refractivity contribution >= 4 is 5.78 Å². The molecule has 0 bridgehead atoms. The lowest BCUT2D eigenvalue weighted by Gasteiger charge is -2.10. The van der Waals surface area contributed by atoms with Crippen LogP contribution in [0, 0.1) is 5.92 Å². The van der Waals surface area contributed by atoms with E-state index in [1.807, 2.05) is 19.1 Å². The van der Waals surface area contributed by atoms with Crippen LogP contribution >= 0.6 is 0 Å². The smallest absolute Gasteiger partial charge is 0.130 e. The minimum Gasteiger partial charge on any atom is -0.494 e. The summed E-state index contributed by atoms with van der Waals surface area (Å²) in [5.74, 6) is 1.58. The molecule has 1 aromatic rings. The molecule has 1 unspecified atom stereocenters. The molecule has 1 aromatic carbocycles. The largest absolute Gasteiger partial charge is 0.494 e. The van der Waals surface area contributed by atoms with Gasteiger partial charge in [0.15, 0.2) is 0 Å². The highest BCUT2D eigenvalue weighted by molar-refractivity contribution is 5.75. The van der Waals surface area contributed by atoms with Crippen molar-refractivity contribution in [3.05, 3.63) is 29.8 Å². The second-order valence-electron chi connectivity index (χ2n) is 4.29. The maximum absolute atomic E-state index is 11.0. The van der Waals surface area contributed by atoms with E-state index in [4.69, 9.17) is 4.74 Å². The summed E-state index contributed by atoms with van der Waals surface area (Å²) < 4.78 is 5.38. The van der Waals surface area contributed by atoms with E-state index < -0.39 is 0 Å². The van der Waals surface area contributed by atoms with E-state index in [1.165, 1.54) is 5.56 Å². The fourth-order valence-electron chi connectivity index (χ4n) is 1.85. The SMILES string of the molecule is CCOc1ccc(CC(C)CC(C)=O)cc1. The third-order valence-corrected chi connectivity index (χ3v) is 2.45. The van der Waals surface area contributed by atoms with E-state index in [9.17, 15) is 4.79 Å². The molecule has 0 aromatic heterocycles. The number of hydrogen-bond donors (Lipinski definition) is 0. The van der Waals surface area contributed by atoms with Gasteiger partial charge in [-0.3, -0.25) is 0 Å². The zero-order chi connectivity index (χ0) is 12.0. The number of ether oxygens (including phenoxy) is 1. The van der Waals surface area contributed by atoms with E-state index in [1.54, 1.807) is 6.92 Å². The summed E-state index contributed by atoms with van der Waals surface area (Å²) >= 11 is 0. The van der Waals surface area contributed by atoms with Gasteiger partial charge in [0.1, 0.15) is 11.5 Å². The van der Waals surface area contributed by atoms with Crippen LogP contribution in [0.2, 0.25) is 0 Å². The summed E-state index contributed by atoms with van der Waals surface area (Å²) in [6, 6.07) is 8.11. The number of benzene rings is 1. The van der Waals surface area contributed by atoms with Crippen molar-refractivity contribution in [2.75, 3.05) is 6.61 Å². The monoisotopic (exact) mass is 220 g/mol. The van der Waals surface area contributed by atoms with Crippen LogP contribution in [0.25, 0.3) is 0 Å². The van der Waals surface area contributed by atoms with Gasteiger partial charge < -0.3 is 9.53 Å². The van der Waals surface area contributed by atoms with Crippen LogP contribution in [-0.2, 0) is 11.2 Å². The van der Waals surface area contributed by atoms with Gasteiger partial charge in [-0.1, -0.05) is 19.1 Å². The maximum atomic E-state index is 11.0. The highest BCUT2D eigenvalue weighted by Crippen LogP contribution is 2.16. The van der Waals surface area contributed by atoms with E-state index in [0.717, 1.165) is 12.2 Å². The second-order valence-corrected chi connectivity index (χ2v) is 4.29. The zero-order valence-electron chi connectivity index (χ0n) is 10.3. The van der Waals surface area contributed by atoms with Gasteiger partial charge in [-0.25, -0.2) is 0 Å². The fraction of sp³-hybridized carbons (Fsp3) is 0.500. The molecule has 0 heterocycles. The Bertz CT molecular complexity index is 327. The first kappa shape index (κ1) is 12.8. The second kappa shape index (κ2) is 6.31. The fourth-order valence-corrected chi connectivity index (χ4v) is 1.85. The molecule has 0 aliphatic carbocycles. The van der Waals surface area contributed by atoms with Gasteiger partial charge in [-0.05, 0) is 43.9 Å². The molecule has 0 saturated carbocycles. The molecule has 2 nitrogen and oxygen atoms in total. The molecular weight excluding hydrogens is 200 g/mol. The molecular formula is C14H20O2. The molecule has 0 fully saturated rings. The van der Waals surface area contributed by atoms with Crippen molar-refractivity contribution in [2.45, 2.75) is 33.6 Å². The predicted octanol–water partition coefficient (Wildman–Crippen LogP) is 3.24. The Hall–Kier alpha value is -1.31. The first-order chi connectivity index (χ1) is 7.61. The quantitative estimate of drug-likeness (QED) is 0.735. The first-order valence-corrected chi connectivity index (χ1v) is 5.83. The van der Waals surface area contributed by atoms with Crippen LogP contribution in [0.4, 0.5) is 0 Å². The molecule has 0 N–H and O–H groups in total. The summed E-state index contributed by atoms with van der Waals surface area (Å²) in [5, 5.41) is 0. The van der Waals surface area contributed by atoms with Gasteiger partial charge in [0, 0.05) is 6.42 Å².